The lowest BCUT2D eigenvalue weighted by atomic mass is 10.1. The highest BCUT2D eigenvalue weighted by molar-refractivity contribution is 7.99. The summed E-state index contributed by atoms with van der Waals surface area (Å²) in [5.41, 5.74) is 1.01. The van der Waals surface area contributed by atoms with Crippen LogP contribution >= 0.6 is 34.8 Å². The van der Waals surface area contributed by atoms with E-state index in [2.05, 4.69) is 31.5 Å². The van der Waals surface area contributed by atoms with Gasteiger partial charge >= 0.3 is 23.0 Å². The molecule has 0 aliphatic carbocycles. The van der Waals surface area contributed by atoms with Crippen LogP contribution in [0, 0.1) is 0 Å². The average molecular weight is 662 g/mol. The fraction of sp³-hybridized carbons (Fsp3) is 0.762. The molecule has 0 spiro atoms. The molecule has 16 nitrogen and oxygen atoms in total. The highest BCUT2D eigenvalue weighted by atomic mass is 32.2. The minimum atomic E-state index is -5.10. The van der Waals surface area contributed by atoms with Crippen LogP contribution < -0.4 is 5.32 Å². The number of anilines is 1. The molecular weight excluding hydrogens is 623 g/mol. The van der Waals surface area contributed by atoms with Crippen molar-refractivity contribution in [3.63, 3.8) is 0 Å². The molecule has 0 radical (unpaired) electrons. The lowest BCUT2D eigenvalue weighted by Gasteiger charge is -2.33. The summed E-state index contributed by atoms with van der Waals surface area (Å²) >= 11 is 1.50. The predicted molar refractivity (Wildman–Crippen MR) is 152 cm³/mol. The minimum Gasteiger partial charge on any atom is -0.388 e. The van der Waals surface area contributed by atoms with Gasteiger partial charge in [-0.05, 0) is 33.6 Å². The zero-order valence-electron chi connectivity index (χ0n) is 23.7. The van der Waals surface area contributed by atoms with Gasteiger partial charge in [0.15, 0.2) is 33.3 Å². The van der Waals surface area contributed by atoms with Gasteiger partial charge < -0.3 is 34.0 Å². The van der Waals surface area contributed by atoms with E-state index in [0.717, 1.165) is 40.2 Å². The highest BCUT2D eigenvalue weighted by Crippen LogP contribution is 2.78. The van der Waals surface area contributed by atoms with E-state index in [1.807, 2.05) is 6.92 Å². The number of aliphatic hydroxyl groups is 1. The fourth-order valence-corrected chi connectivity index (χ4v) is 10.3. The van der Waals surface area contributed by atoms with Gasteiger partial charge in [0.05, 0.1) is 19.0 Å². The van der Waals surface area contributed by atoms with Crippen LogP contribution in [0.3, 0.4) is 0 Å². The Balaban J connectivity index is 1.68. The van der Waals surface area contributed by atoms with Crippen LogP contribution in [-0.4, -0.2) is 84.6 Å². The summed E-state index contributed by atoms with van der Waals surface area (Å²) in [4.78, 5) is 31.9. The second-order valence-electron chi connectivity index (χ2n) is 9.56. The average Bonchev–Trinajstić information content (AvgIpc) is 3.48. The highest BCUT2D eigenvalue weighted by Gasteiger charge is 2.59. The quantitative estimate of drug-likeness (QED) is 0.112. The molecule has 2 unspecified atom stereocenters. The Kier molecular flexibility index (Phi) is 11.6. The smallest absolute Gasteiger partial charge is 0.388 e. The SMILES string of the molecule is CCCSc1nc(NCC)c2ncn([C@@H]3O[C@H](CCOP(=O)(O)OP(=O)(O)C(C)(C)P(=O)(OC)OC)C[C@H]3O)c2n1. The number of rotatable bonds is 16. The summed E-state index contributed by atoms with van der Waals surface area (Å²) in [6, 6.07) is 0. The van der Waals surface area contributed by atoms with E-state index >= 15 is 0 Å². The molecule has 41 heavy (non-hydrogen) atoms. The molecule has 20 heteroatoms. The van der Waals surface area contributed by atoms with Crippen LogP contribution in [0.1, 0.15) is 53.2 Å². The van der Waals surface area contributed by atoms with Gasteiger partial charge in [-0.1, -0.05) is 18.7 Å². The van der Waals surface area contributed by atoms with Crippen molar-refractivity contribution in [3.8, 4) is 0 Å². The maximum absolute atomic E-state index is 12.8. The van der Waals surface area contributed by atoms with E-state index in [1.165, 1.54) is 18.1 Å². The lowest BCUT2D eigenvalue weighted by Crippen LogP contribution is -2.23. The summed E-state index contributed by atoms with van der Waals surface area (Å²) in [6.07, 6.45) is 0.268. The molecule has 3 heterocycles. The number of nitrogens with one attached hydrogen (secondary N) is 1. The van der Waals surface area contributed by atoms with Gasteiger partial charge in [-0.15, -0.1) is 0 Å². The lowest BCUT2D eigenvalue weighted by molar-refractivity contribution is -0.0399. The molecule has 2 aromatic rings. The summed E-state index contributed by atoms with van der Waals surface area (Å²) in [6.45, 7) is 6.30. The van der Waals surface area contributed by atoms with E-state index in [4.69, 9.17) is 18.3 Å². The summed E-state index contributed by atoms with van der Waals surface area (Å²) in [5, 5.41) is 14.5. The summed E-state index contributed by atoms with van der Waals surface area (Å²) in [7, 11) is -12.4. The number of fused-ring (bicyclic) bond motifs is 1. The van der Waals surface area contributed by atoms with Crippen molar-refractivity contribution in [1.29, 1.82) is 0 Å². The van der Waals surface area contributed by atoms with Crippen LogP contribution in [0.15, 0.2) is 11.5 Å². The molecule has 0 saturated carbocycles. The number of aromatic nitrogens is 4. The Labute approximate surface area is 242 Å². The number of nitrogens with zero attached hydrogens (tertiary/aromatic N) is 4. The molecule has 1 saturated heterocycles. The van der Waals surface area contributed by atoms with E-state index < -0.39 is 53.0 Å². The number of phosphoric acid groups is 1. The van der Waals surface area contributed by atoms with Crippen LogP contribution in [-0.2, 0) is 36.3 Å². The van der Waals surface area contributed by atoms with Gasteiger partial charge in [-0.25, -0.2) is 23.8 Å². The maximum Gasteiger partial charge on any atom is 0.479 e. The monoisotopic (exact) mass is 661 g/mol. The second-order valence-corrected chi connectivity index (χ2v) is 17.8. The maximum atomic E-state index is 12.8. The molecule has 1 aliphatic rings. The van der Waals surface area contributed by atoms with Crippen LogP contribution in [0.2, 0.25) is 0 Å². The molecule has 0 bridgehead atoms. The van der Waals surface area contributed by atoms with Crippen molar-refractivity contribution in [2.45, 2.75) is 75.4 Å². The topological polar surface area (TPSA) is 214 Å². The van der Waals surface area contributed by atoms with Gasteiger partial charge in [-0.3, -0.25) is 18.2 Å². The van der Waals surface area contributed by atoms with Gasteiger partial charge in [0.2, 0.25) is 0 Å². The summed E-state index contributed by atoms with van der Waals surface area (Å²) in [5.74, 6) is 1.40. The zero-order chi connectivity index (χ0) is 30.6. The molecule has 2 aromatic heterocycles. The Morgan fingerprint density at radius 3 is 2.49 bits per heavy atom. The Morgan fingerprint density at radius 2 is 1.88 bits per heavy atom. The predicted octanol–water partition coefficient (Wildman–Crippen LogP) is 4.34. The van der Waals surface area contributed by atoms with Crippen LogP contribution in [0.5, 0.6) is 0 Å². The first-order valence-electron chi connectivity index (χ1n) is 12.8. The number of phosphoric ester groups is 1. The van der Waals surface area contributed by atoms with Gasteiger partial charge in [0.25, 0.3) is 0 Å². The van der Waals surface area contributed by atoms with Gasteiger partial charge in [0.1, 0.15) is 6.10 Å². The van der Waals surface area contributed by atoms with E-state index in [9.17, 15) is 28.6 Å². The summed E-state index contributed by atoms with van der Waals surface area (Å²) < 4.78 is 64.7. The van der Waals surface area contributed by atoms with Crippen molar-refractivity contribution in [2.24, 2.45) is 0 Å². The number of aliphatic hydroxyl groups excluding tert-OH is 1. The first kappa shape index (κ1) is 34.6. The first-order valence-corrected chi connectivity index (χ1v) is 18.4. The number of thioether (sulfide) groups is 1. The molecule has 3 rings (SSSR count). The van der Waals surface area contributed by atoms with Crippen molar-refractivity contribution in [2.75, 3.05) is 38.4 Å². The van der Waals surface area contributed by atoms with Crippen molar-refractivity contribution in [3.05, 3.63) is 6.33 Å². The van der Waals surface area contributed by atoms with E-state index in [-0.39, 0.29) is 12.8 Å². The second kappa shape index (κ2) is 13.8. The largest absolute Gasteiger partial charge is 0.479 e. The fourth-order valence-electron chi connectivity index (χ4n) is 4.04. The molecule has 1 fully saturated rings. The Hall–Kier alpha value is -0.930. The third kappa shape index (κ3) is 7.60. The first-order chi connectivity index (χ1) is 19.1. The van der Waals surface area contributed by atoms with Crippen molar-refractivity contribution >= 4 is 51.8 Å². The Bertz CT molecular complexity index is 1340. The molecule has 5 atom stereocenters. The Morgan fingerprint density at radius 1 is 1.20 bits per heavy atom. The van der Waals surface area contributed by atoms with Crippen LogP contribution in [0.4, 0.5) is 5.82 Å². The van der Waals surface area contributed by atoms with Crippen LogP contribution in [0.25, 0.3) is 11.2 Å². The zero-order valence-corrected chi connectivity index (χ0v) is 27.2. The van der Waals surface area contributed by atoms with E-state index in [1.54, 1.807) is 4.57 Å². The van der Waals surface area contributed by atoms with E-state index in [0.29, 0.717) is 28.7 Å². The normalized spacial score (nSPS) is 23.0. The molecular formula is C21H38N5O11P3S. The number of hydrogen-bond acceptors (Lipinski definition) is 14. The third-order valence-electron chi connectivity index (χ3n) is 6.37. The third-order valence-corrected chi connectivity index (χ3v) is 14.8. The molecule has 234 valence electrons. The van der Waals surface area contributed by atoms with Gasteiger partial charge in [-0.2, -0.15) is 0 Å². The number of imidazole rings is 1. The molecule has 1 aliphatic heterocycles. The number of hydrogen-bond donors (Lipinski definition) is 4. The molecule has 0 amide bonds. The molecule has 0 aromatic carbocycles. The minimum absolute atomic E-state index is 0.0388. The molecule has 4 N–H and O–H groups in total. The van der Waals surface area contributed by atoms with Gasteiger partial charge in [0, 0.05) is 32.9 Å². The van der Waals surface area contributed by atoms with Crippen molar-refractivity contribution in [1.82, 2.24) is 19.5 Å². The van der Waals surface area contributed by atoms with Crippen molar-refractivity contribution < 1.29 is 51.2 Å². The number of ether oxygens (including phenoxy) is 1. The standard InChI is InChI=1S/C21H38N5O11P3S/c1-7-11-41-20-24-17(22-8-2)16-18(25-20)26(13-23-16)19-15(27)12-14(36-19)9-10-35-40(31,32)37-38(28,29)21(3,4)39(30,33-5)34-6/h13-15,19,27H,7-12H2,1-6H3,(H,28,29)(H,31,32)(H,22,24,25)/t14-,15-,19-/m1/s1.